The maximum atomic E-state index is 14.3. The van der Waals surface area contributed by atoms with Crippen LogP contribution >= 0.6 is 0 Å². The molecule has 1 fully saturated rings. The van der Waals surface area contributed by atoms with Crippen molar-refractivity contribution in [1.29, 1.82) is 0 Å². The molecule has 51 heavy (non-hydrogen) atoms. The zero-order valence-corrected chi connectivity index (χ0v) is 30.4. The molecule has 1 aliphatic rings. The average molecular weight is 715 g/mol. The quantitative estimate of drug-likeness (QED) is 0.129. The Kier molecular flexibility index (Phi) is 11.8. The molecule has 0 bridgehead atoms. The lowest BCUT2D eigenvalue weighted by Gasteiger charge is -2.36. The van der Waals surface area contributed by atoms with Gasteiger partial charge in [0.2, 0.25) is 4.87 Å². The third kappa shape index (κ3) is 9.11. The zero-order valence-electron chi connectivity index (χ0n) is 29.5. The molecule has 0 radical (unpaired) electrons. The molecule has 3 aromatic carbocycles. The van der Waals surface area contributed by atoms with Gasteiger partial charge in [-0.1, -0.05) is 113 Å². The van der Waals surface area contributed by atoms with Gasteiger partial charge < -0.3 is 25.4 Å². The Hall–Kier alpha value is -4.81. The molecular formula is C39H46N4O7S. The molecule has 3 amide bonds. The molecule has 1 aromatic heterocycles. The van der Waals surface area contributed by atoms with Crippen molar-refractivity contribution < 1.29 is 32.3 Å². The number of hydrogen-bond acceptors (Lipinski definition) is 8. The Balaban J connectivity index is 1.29. The molecule has 5 atom stereocenters. The highest BCUT2D eigenvalue weighted by Gasteiger charge is 2.53. The van der Waals surface area contributed by atoms with Gasteiger partial charge in [0.25, 0.3) is 11.8 Å². The van der Waals surface area contributed by atoms with Crippen LogP contribution in [-0.2, 0) is 24.1 Å². The maximum Gasteiger partial charge on any atom is 0.407 e. The summed E-state index contributed by atoms with van der Waals surface area (Å²) in [5.41, 5.74) is 2.24. The van der Waals surface area contributed by atoms with Gasteiger partial charge in [0.05, 0.1) is 23.7 Å². The van der Waals surface area contributed by atoms with Gasteiger partial charge in [-0.15, -0.1) is 0 Å². The molecular weight excluding hydrogens is 669 g/mol. The summed E-state index contributed by atoms with van der Waals surface area (Å²) < 4.78 is 38.4. The summed E-state index contributed by atoms with van der Waals surface area (Å²) in [4.78, 5) is 42.8. The van der Waals surface area contributed by atoms with E-state index in [1.165, 1.54) is 6.07 Å². The number of carbonyl (C=O) groups excluding carboxylic acids is 3. The van der Waals surface area contributed by atoms with Gasteiger partial charge in [0.1, 0.15) is 18.4 Å². The molecule has 4 aromatic rings. The topological polar surface area (TPSA) is 156 Å². The maximum absolute atomic E-state index is 14.3. The van der Waals surface area contributed by atoms with Crippen LogP contribution in [0.2, 0.25) is 0 Å². The van der Waals surface area contributed by atoms with E-state index in [1.807, 2.05) is 72.8 Å². The number of epoxide rings is 1. The summed E-state index contributed by atoms with van der Waals surface area (Å²) in [6.45, 7) is 7.31. The molecule has 270 valence electrons. The van der Waals surface area contributed by atoms with Crippen molar-refractivity contribution in [3.05, 3.63) is 114 Å². The molecule has 3 N–H and O–H groups in total. The van der Waals surface area contributed by atoms with Crippen LogP contribution in [0.1, 0.15) is 74.2 Å². The number of sulfone groups is 1. The van der Waals surface area contributed by atoms with Crippen LogP contribution < -0.4 is 16.0 Å². The fourth-order valence-corrected chi connectivity index (χ4v) is 7.88. The smallest absolute Gasteiger partial charge is 0.407 e. The molecule has 0 spiro atoms. The van der Waals surface area contributed by atoms with Crippen molar-refractivity contribution in [1.82, 2.24) is 20.9 Å². The van der Waals surface area contributed by atoms with Crippen LogP contribution in [0.25, 0.3) is 10.9 Å². The third-order valence-electron chi connectivity index (χ3n) is 9.11. The van der Waals surface area contributed by atoms with E-state index in [9.17, 15) is 22.8 Å². The number of amides is 3. The van der Waals surface area contributed by atoms with Gasteiger partial charge in [0, 0.05) is 24.0 Å². The van der Waals surface area contributed by atoms with Crippen molar-refractivity contribution in [2.24, 2.45) is 11.8 Å². The first-order valence-corrected chi connectivity index (χ1v) is 19.0. The lowest BCUT2D eigenvalue weighted by Crippen LogP contribution is -2.66. The third-order valence-corrected chi connectivity index (χ3v) is 11.0. The van der Waals surface area contributed by atoms with E-state index in [2.05, 4.69) is 34.8 Å². The van der Waals surface area contributed by atoms with Gasteiger partial charge in [-0.3, -0.25) is 9.59 Å². The van der Waals surface area contributed by atoms with Crippen molar-refractivity contribution >= 4 is 38.6 Å². The van der Waals surface area contributed by atoms with Gasteiger partial charge >= 0.3 is 6.09 Å². The van der Waals surface area contributed by atoms with E-state index < -0.39 is 50.7 Å². The van der Waals surface area contributed by atoms with E-state index in [0.29, 0.717) is 17.0 Å². The van der Waals surface area contributed by atoms with Crippen LogP contribution in [0.15, 0.2) is 97.1 Å². The number of rotatable bonds is 15. The first kappa shape index (κ1) is 37.4. The Morgan fingerprint density at radius 2 is 1.41 bits per heavy atom. The monoisotopic (exact) mass is 714 g/mol. The predicted octanol–water partition coefficient (Wildman–Crippen LogP) is 5.89. The molecule has 11 nitrogen and oxygen atoms in total. The Morgan fingerprint density at radius 1 is 0.804 bits per heavy atom. The van der Waals surface area contributed by atoms with Gasteiger partial charge in [-0.25, -0.2) is 18.2 Å². The van der Waals surface area contributed by atoms with E-state index in [1.54, 1.807) is 32.0 Å². The molecule has 0 saturated carbocycles. The number of alkyl carbamates (subject to hydrolysis) is 1. The number of hydrogen-bond donors (Lipinski definition) is 3. The van der Waals surface area contributed by atoms with E-state index in [-0.39, 0.29) is 30.9 Å². The van der Waals surface area contributed by atoms with Gasteiger partial charge in [-0.2, -0.15) is 0 Å². The van der Waals surface area contributed by atoms with E-state index in [4.69, 9.17) is 9.47 Å². The molecule has 5 rings (SSSR count). The van der Waals surface area contributed by atoms with E-state index >= 15 is 0 Å². The molecule has 2 heterocycles. The SMILES string of the molecule is CC(C)CC(NC(=O)OCC1OC1CC(NC(=O)[C@@](NC(=O)c1ccc2ccccc2n1)(C(C)C)S(C)(=O)=O)c1ccccc1)c1ccccc1. The summed E-state index contributed by atoms with van der Waals surface area (Å²) in [5, 5.41) is 9.25. The Morgan fingerprint density at radius 3 is 2.02 bits per heavy atom. The second-order valence-electron chi connectivity index (χ2n) is 13.7. The van der Waals surface area contributed by atoms with Crippen molar-refractivity contribution in [2.45, 2.75) is 69.7 Å². The number of aromatic nitrogens is 1. The van der Waals surface area contributed by atoms with Crippen molar-refractivity contribution in [3.63, 3.8) is 0 Å². The number of pyridine rings is 1. The second-order valence-corrected chi connectivity index (χ2v) is 15.9. The number of nitrogens with zero attached hydrogens (tertiary/aromatic N) is 1. The van der Waals surface area contributed by atoms with Crippen LogP contribution in [0.4, 0.5) is 4.79 Å². The molecule has 1 saturated heterocycles. The number of carbonyl (C=O) groups is 3. The normalized spacial score (nSPS) is 18.0. The van der Waals surface area contributed by atoms with E-state index in [0.717, 1.165) is 23.6 Å². The van der Waals surface area contributed by atoms with Gasteiger partial charge in [-0.05, 0) is 35.6 Å². The number of fused-ring (bicyclic) bond motifs is 1. The fourth-order valence-electron chi connectivity index (χ4n) is 6.35. The standard InChI is InChI=1S/C39H46N4O7S/c1-25(2)22-32(27-14-8-6-9-15-27)42-38(46)49-24-35-34(50-35)23-33(28-16-10-7-11-17-28)41-37(45)39(26(3)4,51(5,47)48)43-36(44)31-21-20-29-18-12-13-19-30(29)40-31/h6-21,25-26,32-35H,22-24H2,1-5H3,(H,41,45)(H,42,46)(H,43,44)/t32?,33?,34?,35?,39-/m1/s1. The van der Waals surface area contributed by atoms with Crippen LogP contribution in [0.5, 0.6) is 0 Å². The highest BCUT2D eigenvalue weighted by Crippen LogP contribution is 2.34. The number of para-hydroxylation sites is 1. The summed E-state index contributed by atoms with van der Waals surface area (Å²) in [6, 6.07) is 28.3. The lowest BCUT2D eigenvalue weighted by atomic mass is 9.97. The van der Waals surface area contributed by atoms with Crippen LogP contribution in [-0.4, -0.2) is 61.3 Å². The molecule has 4 unspecified atom stereocenters. The highest BCUT2D eigenvalue weighted by molar-refractivity contribution is 7.92. The predicted molar refractivity (Wildman–Crippen MR) is 195 cm³/mol. The minimum absolute atomic E-state index is 0.00320. The van der Waals surface area contributed by atoms with Crippen LogP contribution in [0.3, 0.4) is 0 Å². The Bertz CT molecular complexity index is 1940. The molecule has 1 aliphatic heterocycles. The van der Waals surface area contributed by atoms with Crippen molar-refractivity contribution in [3.8, 4) is 0 Å². The average Bonchev–Trinajstić information content (AvgIpc) is 3.86. The van der Waals surface area contributed by atoms with Gasteiger partial charge in [0.15, 0.2) is 9.84 Å². The molecule has 12 heteroatoms. The largest absolute Gasteiger partial charge is 0.447 e. The lowest BCUT2D eigenvalue weighted by molar-refractivity contribution is -0.126. The Labute approximate surface area is 299 Å². The van der Waals surface area contributed by atoms with Crippen molar-refractivity contribution in [2.75, 3.05) is 12.9 Å². The highest BCUT2D eigenvalue weighted by atomic mass is 32.2. The minimum atomic E-state index is -4.25. The summed E-state index contributed by atoms with van der Waals surface area (Å²) >= 11 is 0. The number of benzene rings is 3. The number of nitrogens with one attached hydrogen (secondary N) is 3. The summed E-state index contributed by atoms with van der Waals surface area (Å²) in [6.07, 6.45) is 0.589. The second kappa shape index (κ2) is 16.0. The summed E-state index contributed by atoms with van der Waals surface area (Å²) in [7, 11) is -4.25. The summed E-state index contributed by atoms with van der Waals surface area (Å²) in [5.74, 6) is -2.19. The fraction of sp³-hybridized carbons (Fsp3) is 0.385. The first-order valence-electron chi connectivity index (χ1n) is 17.2. The first-order chi connectivity index (χ1) is 24.3. The zero-order chi connectivity index (χ0) is 36.8. The van der Waals surface area contributed by atoms with Crippen LogP contribution in [0, 0.1) is 11.8 Å². The molecule has 0 aliphatic carbocycles. The number of ether oxygens (including phenoxy) is 2. The minimum Gasteiger partial charge on any atom is -0.447 e.